The summed E-state index contributed by atoms with van der Waals surface area (Å²) in [4.78, 5) is 16.6. The van der Waals surface area contributed by atoms with Crippen LogP contribution in [0.25, 0.3) is 0 Å². The summed E-state index contributed by atoms with van der Waals surface area (Å²) >= 11 is 0. The van der Waals surface area contributed by atoms with Gasteiger partial charge in [-0.05, 0) is 0 Å². The smallest absolute Gasteiger partial charge is 0.144 e. The van der Waals surface area contributed by atoms with Gasteiger partial charge in [0.15, 0.2) is 0 Å². The Hall–Kier alpha value is -0.410. The Labute approximate surface area is 72.3 Å². The first-order valence-corrected chi connectivity index (χ1v) is 4.81. The molecule has 4 saturated heterocycles. The van der Waals surface area contributed by atoms with E-state index in [1.807, 2.05) is 0 Å². The number of ketones is 1. The molecule has 4 bridgehead atoms. The maximum Gasteiger partial charge on any atom is 0.144 e. The second-order valence-corrected chi connectivity index (χ2v) is 4.32. The van der Waals surface area contributed by atoms with Gasteiger partial charge < -0.3 is 9.80 Å². The van der Waals surface area contributed by atoms with Gasteiger partial charge in [-0.1, -0.05) is 0 Å². The van der Waals surface area contributed by atoms with Crippen LogP contribution in [0.15, 0.2) is 0 Å². The first kappa shape index (κ1) is 7.04. The second-order valence-electron chi connectivity index (χ2n) is 4.32. The van der Waals surface area contributed by atoms with Gasteiger partial charge in [0, 0.05) is 51.1 Å². The minimum Gasteiger partial charge on any atom is -0.301 e. The van der Waals surface area contributed by atoms with Crippen molar-refractivity contribution in [3.63, 3.8) is 0 Å². The number of rotatable bonds is 0. The van der Waals surface area contributed by atoms with E-state index in [2.05, 4.69) is 9.80 Å². The van der Waals surface area contributed by atoms with Crippen molar-refractivity contribution in [2.24, 2.45) is 11.8 Å². The highest BCUT2D eigenvalue weighted by molar-refractivity contribution is 5.86. The van der Waals surface area contributed by atoms with E-state index in [9.17, 15) is 4.79 Å². The van der Waals surface area contributed by atoms with Crippen molar-refractivity contribution in [3.05, 3.63) is 0 Å². The molecule has 0 saturated carbocycles. The van der Waals surface area contributed by atoms with Crippen molar-refractivity contribution in [1.82, 2.24) is 9.80 Å². The molecular formula is C9H14N2O. The van der Waals surface area contributed by atoms with Crippen LogP contribution in [0.5, 0.6) is 0 Å². The lowest BCUT2D eigenvalue weighted by Gasteiger charge is -2.39. The maximum absolute atomic E-state index is 11.7. The summed E-state index contributed by atoms with van der Waals surface area (Å²) in [5.74, 6) is 1.24. The molecule has 0 aromatic rings. The fourth-order valence-electron chi connectivity index (χ4n) is 2.85. The number of carbonyl (C=O) groups is 1. The molecule has 0 aromatic carbocycles. The van der Waals surface area contributed by atoms with Gasteiger partial charge in [-0.15, -0.1) is 0 Å². The predicted octanol–water partition coefficient (Wildman–Crippen LogP) is -0.567. The molecule has 4 rings (SSSR count). The van der Waals surface area contributed by atoms with Crippen molar-refractivity contribution in [2.45, 2.75) is 0 Å². The molecule has 0 spiro atoms. The Morgan fingerprint density at radius 1 is 0.917 bits per heavy atom. The van der Waals surface area contributed by atoms with Crippen molar-refractivity contribution < 1.29 is 4.79 Å². The predicted molar refractivity (Wildman–Crippen MR) is 44.9 cm³/mol. The normalized spacial score (nSPS) is 51.2. The van der Waals surface area contributed by atoms with Gasteiger partial charge in [0.25, 0.3) is 0 Å². The largest absolute Gasteiger partial charge is 0.301 e. The van der Waals surface area contributed by atoms with Gasteiger partial charge in [-0.25, -0.2) is 0 Å². The Balaban J connectivity index is 1.96. The number of fused-ring (bicyclic) bond motifs is 1. The summed E-state index contributed by atoms with van der Waals surface area (Å²) in [6.07, 6.45) is 0. The fourth-order valence-corrected chi connectivity index (χ4v) is 2.85. The van der Waals surface area contributed by atoms with Crippen LogP contribution in [-0.4, -0.2) is 54.9 Å². The van der Waals surface area contributed by atoms with Gasteiger partial charge in [-0.3, -0.25) is 4.79 Å². The summed E-state index contributed by atoms with van der Waals surface area (Å²) in [5, 5.41) is 0. The van der Waals surface area contributed by atoms with Crippen LogP contribution in [0, 0.1) is 11.8 Å². The zero-order valence-electron chi connectivity index (χ0n) is 7.20. The Morgan fingerprint density at radius 3 is 1.75 bits per heavy atom. The van der Waals surface area contributed by atoms with E-state index in [1.54, 1.807) is 0 Å². The summed E-state index contributed by atoms with van der Waals surface area (Å²) in [5.41, 5.74) is 0. The molecule has 12 heavy (non-hydrogen) atoms. The first-order valence-electron chi connectivity index (χ1n) is 4.81. The third-order valence-electron chi connectivity index (χ3n) is 3.45. The van der Waals surface area contributed by atoms with Crippen LogP contribution < -0.4 is 0 Å². The summed E-state index contributed by atoms with van der Waals surface area (Å²) in [6, 6.07) is 0. The molecule has 66 valence electrons. The van der Waals surface area contributed by atoms with Crippen molar-refractivity contribution >= 4 is 5.78 Å². The molecule has 0 amide bonds. The number of hydrogen-bond acceptors (Lipinski definition) is 3. The molecule has 0 radical (unpaired) electrons. The van der Waals surface area contributed by atoms with Gasteiger partial charge in [0.2, 0.25) is 0 Å². The number of hydrogen-bond donors (Lipinski definition) is 0. The second kappa shape index (κ2) is 2.30. The first-order chi connectivity index (χ1) is 5.83. The van der Waals surface area contributed by atoms with Crippen LogP contribution >= 0.6 is 0 Å². The third-order valence-corrected chi connectivity index (χ3v) is 3.45. The monoisotopic (exact) mass is 166 g/mol. The molecule has 0 aromatic heterocycles. The Bertz CT molecular complexity index is 195. The van der Waals surface area contributed by atoms with Crippen molar-refractivity contribution in [2.75, 3.05) is 39.3 Å². The maximum atomic E-state index is 11.7. The molecule has 4 aliphatic rings. The van der Waals surface area contributed by atoms with Crippen LogP contribution in [0.3, 0.4) is 0 Å². The van der Waals surface area contributed by atoms with E-state index >= 15 is 0 Å². The standard InChI is InChI=1S/C9H14N2O/c12-9-7-3-10-1-2-11(5-7)6-8(9)4-10/h7-8H,1-6H2. The van der Waals surface area contributed by atoms with Crippen LogP contribution in [0.2, 0.25) is 0 Å². The minimum absolute atomic E-state index is 0.347. The summed E-state index contributed by atoms with van der Waals surface area (Å²) in [7, 11) is 0. The third kappa shape index (κ3) is 0.866. The van der Waals surface area contributed by atoms with Gasteiger partial charge in [0.1, 0.15) is 5.78 Å². The number of nitrogens with zero attached hydrogens (tertiary/aromatic N) is 2. The van der Waals surface area contributed by atoms with E-state index in [-0.39, 0.29) is 0 Å². The molecule has 3 nitrogen and oxygen atoms in total. The average Bonchev–Trinajstić information content (AvgIpc) is 2.27. The van der Waals surface area contributed by atoms with Crippen LogP contribution in [0.1, 0.15) is 0 Å². The Morgan fingerprint density at radius 2 is 1.33 bits per heavy atom. The van der Waals surface area contributed by atoms with Gasteiger partial charge >= 0.3 is 0 Å². The van der Waals surface area contributed by atoms with E-state index in [4.69, 9.17) is 0 Å². The highest BCUT2D eigenvalue weighted by atomic mass is 16.1. The lowest BCUT2D eigenvalue weighted by molar-refractivity contribution is -0.134. The molecule has 4 fully saturated rings. The molecule has 0 unspecified atom stereocenters. The van der Waals surface area contributed by atoms with E-state index < -0.39 is 0 Å². The lowest BCUT2D eigenvalue weighted by Crippen LogP contribution is -2.53. The topological polar surface area (TPSA) is 23.6 Å². The fraction of sp³-hybridized carbons (Fsp3) is 0.889. The quantitative estimate of drug-likeness (QED) is 0.481. The molecule has 4 heterocycles. The summed E-state index contributed by atoms with van der Waals surface area (Å²) in [6.45, 7) is 6.50. The van der Waals surface area contributed by atoms with Crippen molar-refractivity contribution in [3.8, 4) is 0 Å². The zero-order chi connectivity index (χ0) is 8.13. The van der Waals surface area contributed by atoms with Gasteiger partial charge in [-0.2, -0.15) is 0 Å². The average molecular weight is 166 g/mol. The highest BCUT2D eigenvalue weighted by Gasteiger charge is 2.42. The number of piperidine rings is 2. The molecule has 0 N–H and O–H groups in total. The van der Waals surface area contributed by atoms with E-state index in [0.29, 0.717) is 17.6 Å². The van der Waals surface area contributed by atoms with E-state index in [0.717, 1.165) is 26.2 Å². The lowest BCUT2D eigenvalue weighted by atomic mass is 9.84. The SMILES string of the molecule is O=C1C2CN3CCN(C2)CC1C3. The van der Waals surface area contributed by atoms with Crippen molar-refractivity contribution in [1.29, 1.82) is 0 Å². The molecule has 3 heteroatoms. The number of carbonyl (C=O) groups excluding carboxylic acids is 1. The highest BCUT2D eigenvalue weighted by Crippen LogP contribution is 2.27. The Kier molecular flexibility index (Phi) is 1.35. The zero-order valence-corrected chi connectivity index (χ0v) is 7.20. The molecule has 0 atom stereocenters. The number of Topliss-reactive ketones (excluding diaryl/α,β-unsaturated/α-hetero) is 1. The van der Waals surface area contributed by atoms with Crippen LogP contribution in [0.4, 0.5) is 0 Å². The van der Waals surface area contributed by atoms with E-state index in [1.165, 1.54) is 13.1 Å². The summed E-state index contributed by atoms with van der Waals surface area (Å²) < 4.78 is 0. The minimum atomic E-state index is 0.347. The molecule has 0 aliphatic carbocycles. The molecular weight excluding hydrogens is 152 g/mol. The molecule has 4 aliphatic heterocycles. The van der Waals surface area contributed by atoms with Gasteiger partial charge in [0.05, 0.1) is 0 Å². The van der Waals surface area contributed by atoms with Crippen LogP contribution in [-0.2, 0) is 4.79 Å².